The molecule has 1 nitrogen and oxygen atoms in total. The minimum atomic E-state index is 0.184. The molecule has 20 heavy (non-hydrogen) atoms. The van der Waals surface area contributed by atoms with Crippen molar-refractivity contribution in [2.45, 2.75) is 25.3 Å². The van der Waals surface area contributed by atoms with Crippen molar-refractivity contribution in [1.29, 1.82) is 0 Å². The van der Waals surface area contributed by atoms with Crippen LogP contribution in [0.4, 0.5) is 0 Å². The predicted octanol–water partition coefficient (Wildman–Crippen LogP) is 5.26. The highest BCUT2D eigenvalue weighted by Crippen LogP contribution is 2.46. The van der Waals surface area contributed by atoms with Crippen molar-refractivity contribution in [2.24, 2.45) is 0 Å². The first-order valence-corrected chi connectivity index (χ1v) is 7.71. The number of hydrogen-bond acceptors (Lipinski definition) is 1. The zero-order valence-corrected chi connectivity index (χ0v) is 12.9. The fourth-order valence-electron chi connectivity index (χ4n) is 2.74. The molecular weight excluding hydrogens is 289 g/mol. The smallest absolute Gasteiger partial charge is 0.0499 e. The van der Waals surface area contributed by atoms with Crippen LogP contribution in [0.3, 0.4) is 0 Å². The average molecular weight is 306 g/mol. The van der Waals surface area contributed by atoms with Crippen LogP contribution in [0.15, 0.2) is 42.5 Å². The van der Waals surface area contributed by atoms with E-state index >= 15 is 0 Å². The van der Waals surface area contributed by atoms with Gasteiger partial charge in [0.1, 0.15) is 0 Å². The van der Waals surface area contributed by atoms with Crippen LogP contribution < -0.4 is 5.32 Å². The van der Waals surface area contributed by atoms with Crippen molar-refractivity contribution in [1.82, 2.24) is 5.32 Å². The highest BCUT2D eigenvalue weighted by Gasteiger charge is 2.43. The van der Waals surface area contributed by atoms with Crippen molar-refractivity contribution in [3.05, 3.63) is 58.1 Å². The van der Waals surface area contributed by atoms with Gasteiger partial charge in [0.2, 0.25) is 0 Å². The Labute approximate surface area is 129 Å². The maximum atomic E-state index is 6.31. The van der Waals surface area contributed by atoms with E-state index in [1.165, 1.54) is 18.4 Å². The SMILES string of the molecule is CCNC1(c2cccc(-c3ccc(Cl)cc3Cl)c2)CC1. The molecule has 0 saturated heterocycles. The molecule has 3 rings (SSSR count). The molecule has 0 amide bonds. The third kappa shape index (κ3) is 2.58. The fourth-order valence-corrected chi connectivity index (χ4v) is 3.26. The summed E-state index contributed by atoms with van der Waals surface area (Å²) in [6.07, 6.45) is 2.41. The van der Waals surface area contributed by atoms with Gasteiger partial charge in [-0.2, -0.15) is 0 Å². The maximum absolute atomic E-state index is 6.31. The molecule has 0 aliphatic heterocycles. The van der Waals surface area contributed by atoms with Crippen LogP contribution in [0.25, 0.3) is 11.1 Å². The second kappa shape index (κ2) is 5.40. The van der Waals surface area contributed by atoms with Crippen molar-refractivity contribution in [3.8, 4) is 11.1 Å². The molecule has 1 saturated carbocycles. The lowest BCUT2D eigenvalue weighted by atomic mass is 9.98. The second-order valence-electron chi connectivity index (χ2n) is 5.32. The molecule has 0 aromatic heterocycles. The van der Waals surface area contributed by atoms with Gasteiger partial charge in [-0.1, -0.05) is 54.4 Å². The molecule has 1 aliphatic carbocycles. The highest BCUT2D eigenvalue weighted by molar-refractivity contribution is 6.36. The molecule has 0 spiro atoms. The van der Waals surface area contributed by atoms with E-state index in [2.05, 4.69) is 36.5 Å². The van der Waals surface area contributed by atoms with Gasteiger partial charge in [-0.15, -0.1) is 0 Å². The van der Waals surface area contributed by atoms with Gasteiger partial charge in [-0.3, -0.25) is 0 Å². The zero-order chi connectivity index (χ0) is 14.2. The molecule has 0 atom stereocenters. The maximum Gasteiger partial charge on any atom is 0.0499 e. The summed E-state index contributed by atoms with van der Waals surface area (Å²) >= 11 is 12.3. The van der Waals surface area contributed by atoms with Crippen LogP contribution in [0.2, 0.25) is 10.0 Å². The van der Waals surface area contributed by atoms with E-state index in [-0.39, 0.29) is 5.54 Å². The van der Waals surface area contributed by atoms with Crippen molar-refractivity contribution in [2.75, 3.05) is 6.54 Å². The predicted molar refractivity (Wildman–Crippen MR) is 86.5 cm³/mol. The first-order chi connectivity index (χ1) is 9.64. The first-order valence-electron chi connectivity index (χ1n) is 6.96. The number of nitrogens with one attached hydrogen (secondary N) is 1. The summed E-state index contributed by atoms with van der Waals surface area (Å²) < 4.78 is 0. The van der Waals surface area contributed by atoms with E-state index in [1.807, 2.05) is 12.1 Å². The Morgan fingerprint density at radius 2 is 1.90 bits per heavy atom. The summed E-state index contributed by atoms with van der Waals surface area (Å²) in [5, 5.41) is 4.96. The lowest BCUT2D eigenvalue weighted by Crippen LogP contribution is -2.28. The van der Waals surface area contributed by atoms with Gasteiger partial charge in [0.25, 0.3) is 0 Å². The number of hydrogen-bond donors (Lipinski definition) is 1. The van der Waals surface area contributed by atoms with Crippen molar-refractivity contribution in [3.63, 3.8) is 0 Å². The number of rotatable bonds is 4. The molecular formula is C17H17Cl2N. The Hall–Kier alpha value is -1.02. The van der Waals surface area contributed by atoms with E-state index < -0.39 is 0 Å². The zero-order valence-electron chi connectivity index (χ0n) is 11.4. The fraction of sp³-hybridized carbons (Fsp3) is 0.294. The topological polar surface area (TPSA) is 12.0 Å². The molecule has 0 radical (unpaired) electrons. The van der Waals surface area contributed by atoms with E-state index in [0.717, 1.165) is 17.7 Å². The molecule has 104 valence electrons. The van der Waals surface area contributed by atoms with Gasteiger partial charge >= 0.3 is 0 Å². The van der Waals surface area contributed by atoms with Crippen LogP contribution in [-0.2, 0) is 5.54 Å². The molecule has 0 heterocycles. The van der Waals surface area contributed by atoms with Gasteiger partial charge in [-0.05, 0) is 48.7 Å². The molecule has 1 N–H and O–H groups in total. The molecule has 1 aliphatic rings. The van der Waals surface area contributed by atoms with Crippen LogP contribution in [0, 0.1) is 0 Å². The van der Waals surface area contributed by atoms with Crippen LogP contribution in [0.5, 0.6) is 0 Å². The third-order valence-corrected chi connectivity index (χ3v) is 4.47. The number of benzene rings is 2. The number of halogens is 2. The molecule has 2 aromatic rings. The van der Waals surface area contributed by atoms with Crippen LogP contribution in [-0.4, -0.2) is 6.54 Å². The first kappa shape index (κ1) is 13.9. The minimum absolute atomic E-state index is 0.184. The van der Waals surface area contributed by atoms with E-state index in [4.69, 9.17) is 23.2 Å². The standard InChI is InChI=1S/C17H17Cl2N/c1-2-20-17(8-9-17)13-5-3-4-12(10-13)15-7-6-14(18)11-16(15)19/h3-7,10-11,20H,2,8-9H2,1H3. The van der Waals surface area contributed by atoms with E-state index in [9.17, 15) is 0 Å². The largest absolute Gasteiger partial charge is 0.308 e. The Morgan fingerprint density at radius 1 is 1.10 bits per heavy atom. The van der Waals surface area contributed by atoms with E-state index in [0.29, 0.717) is 10.0 Å². The second-order valence-corrected chi connectivity index (χ2v) is 6.16. The summed E-state index contributed by atoms with van der Waals surface area (Å²) in [7, 11) is 0. The Kier molecular flexibility index (Phi) is 3.76. The summed E-state index contributed by atoms with van der Waals surface area (Å²) in [6, 6.07) is 14.3. The normalized spacial score (nSPS) is 16.1. The minimum Gasteiger partial charge on any atom is -0.308 e. The summed E-state index contributed by atoms with van der Waals surface area (Å²) in [6.45, 7) is 3.14. The Bertz CT molecular complexity index is 633. The summed E-state index contributed by atoms with van der Waals surface area (Å²) in [5.74, 6) is 0. The van der Waals surface area contributed by atoms with Gasteiger partial charge in [0.15, 0.2) is 0 Å². The van der Waals surface area contributed by atoms with Gasteiger partial charge < -0.3 is 5.32 Å². The van der Waals surface area contributed by atoms with Gasteiger partial charge in [-0.25, -0.2) is 0 Å². The quantitative estimate of drug-likeness (QED) is 0.812. The Morgan fingerprint density at radius 3 is 2.55 bits per heavy atom. The monoisotopic (exact) mass is 305 g/mol. The van der Waals surface area contributed by atoms with Crippen molar-refractivity contribution < 1.29 is 0 Å². The molecule has 0 bridgehead atoms. The third-order valence-electron chi connectivity index (χ3n) is 3.92. The van der Waals surface area contributed by atoms with Gasteiger partial charge in [0, 0.05) is 21.1 Å². The highest BCUT2D eigenvalue weighted by atomic mass is 35.5. The average Bonchev–Trinajstić information content (AvgIpc) is 3.20. The molecule has 1 fully saturated rings. The van der Waals surface area contributed by atoms with E-state index in [1.54, 1.807) is 6.07 Å². The van der Waals surface area contributed by atoms with Crippen molar-refractivity contribution >= 4 is 23.2 Å². The summed E-state index contributed by atoms with van der Waals surface area (Å²) in [4.78, 5) is 0. The molecule has 2 aromatic carbocycles. The van der Waals surface area contributed by atoms with Gasteiger partial charge in [0.05, 0.1) is 0 Å². The molecule has 3 heteroatoms. The summed E-state index contributed by atoms with van der Waals surface area (Å²) in [5.41, 5.74) is 3.71. The lowest BCUT2D eigenvalue weighted by Gasteiger charge is -2.18. The van der Waals surface area contributed by atoms with Crippen LogP contribution >= 0.6 is 23.2 Å². The molecule has 0 unspecified atom stereocenters. The van der Waals surface area contributed by atoms with Crippen LogP contribution in [0.1, 0.15) is 25.3 Å². The Balaban J connectivity index is 1.99. The lowest BCUT2D eigenvalue weighted by molar-refractivity contribution is 0.540.